The Hall–Kier alpha value is -1.32. The molecule has 6 nitrogen and oxygen atoms in total. The number of nitrogens with one attached hydrogen (secondary N) is 1. The highest BCUT2D eigenvalue weighted by Crippen LogP contribution is 2.45. The van der Waals surface area contributed by atoms with Gasteiger partial charge < -0.3 is 15.3 Å². The zero-order valence-corrected chi connectivity index (χ0v) is 12.2. The number of alkyl halides is 3. The maximum Gasteiger partial charge on any atom is 0.406 e. The van der Waals surface area contributed by atoms with Crippen LogP contribution >= 0.6 is 0 Å². The van der Waals surface area contributed by atoms with Gasteiger partial charge >= 0.3 is 18.2 Å². The van der Waals surface area contributed by atoms with Crippen LogP contribution in [0.4, 0.5) is 18.0 Å². The minimum absolute atomic E-state index is 0.182. The summed E-state index contributed by atoms with van der Waals surface area (Å²) < 4.78 is 49.6. The second-order valence-corrected chi connectivity index (χ2v) is 6.47. The van der Waals surface area contributed by atoms with Gasteiger partial charge in [0.15, 0.2) is 5.41 Å². The van der Waals surface area contributed by atoms with E-state index in [2.05, 4.69) is 5.32 Å². The van der Waals surface area contributed by atoms with Crippen molar-refractivity contribution in [2.75, 3.05) is 31.6 Å². The summed E-state index contributed by atoms with van der Waals surface area (Å²) in [5, 5.41) is 11.3. The Morgan fingerprint density at radius 1 is 1.43 bits per heavy atom. The number of carbonyl (C=O) groups excluding carboxylic acids is 1. The number of amides is 2. The molecular formula is C11H17F3N2O4S. The van der Waals surface area contributed by atoms with Crippen LogP contribution in [-0.4, -0.2) is 64.0 Å². The second-order valence-electron chi connectivity index (χ2n) is 4.92. The van der Waals surface area contributed by atoms with Crippen LogP contribution in [0.2, 0.25) is 0 Å². The lowest BCUT2D eigenvalue weighted by Crippen LogP contribution is -2.49. The predicted octanol–water partition coefficient (Wildman–Crippen LogP) is 0.804. The molecule has 0 aromatic heterocycles. The summed E-state index contributed by atoms with van der Waals surface area (Å²) in [7, 11) is -1.00. The van der Waals surface area contributed by atoms with Crippen LogP contribution in [-0.2, 0) is 15.6 Å². The molecule has 0 spiro atoms. The smallest absolute Gasteiger partial charge is 0.406 e. The molecule has 1 aliphatic heterocycles. The van der Waals surface area contributed by atoms with E-state index in [1.807, 2.05) is 0 Å². The molecule has 1 aliphatic rings. The van der Waals surface area contributed by atoms with Gasteiger partial charge in [-0.25, -0.2) is 4.79 Å². The SMILES string of the molecule is CS(=O)CCCNC(=O)N1CCC(C(=O)O)(C(F)(F)F)C1. The normalized spacial score (nSPS) is 23.9. The number of aliphatic carboxylic acids is 1. The summed E-state index contributed by atoms with van der Waals surface area (Å²) in [4.78, 5) is 23.5. The molecule has 1 fully saturated rings. The van der Waals surface area contributed by atoms with E-state index in [4.69, 9.17) is 5.11 Å². The fraction of sp³-hybridized carbons (Fsp3) is 0.818. The molecule has 122 valence electrons. The lowest BCUT2D eigenvalue weighted by Gasteiger charge is -2.27. The fourth-order valence-corrected chi connectivity index (χ4v) is 2.64. The van der Waals surface area contributed by atoms with Crippen molar-refractivity contribution in [3.8, 4) is 0 Å². The first-order valence-electron chi connectivity index (χ1n) is 6.23. The molecule has 1 saturated heterocycles. The average Bonchev–Trinajstić information content (AvgIpc) is 2.80. The quantitative estimate of drug-likeness (QED) is 0.730. The minimum Gasteiger partial charge on any atom is -0.481 e. The van der Waals surface area contributed by atoms with Crippen LogP contribution in [0.25, 0.3) is 0 Å². The molecule has 1 heterocycles. The standard InChI is InChI=1S/C11H17F3N2O4S/c1-21(20)6-2-4-15-9(19)16-5-3-10(7-16,8(17)18)11(12,13)14/h2-7H2,1H3,(H,15,19)(H,17,18). The lowest BCUT2D eigenvalue weighted by molar-refractivity contribution is -0.226. The summed E-state index contributed by atoms with van der Waals surface area (Å²) in [6.07, 6.45) is -3.62. The van der Waals surface area contributed by atoms with Gasteiger partial charge in [-0.2, -0.15) is 13.2 Å². The van der Waals surface area contributed by atoms with E-state index >= 15 is 0 Å². The molecule has 2 amide bonds. The van der Waals surface area contributed by atoms with E-state index in [0.717, 1.165) is 4.90 Å². The maximum atomic E-state index is 12.9. The van der Waals surface area contributed by atoms with Gasteiger partial charge in [0, 0.05) is 42.4 Å². The Bertz CT molecular complexity index is 444. The van der Waals surface area contributed by atoms with E-state index in [1.54, 1.807) is 0 Å². The summed E-state index contributed by atoms with van der Waals surface area (Å²) in [6, 6.07) is -0.732. The minimum atomic E-state index is -4.91. The Balaban J connectivity index is 2.58. The Morgan fingerprint density at radius 2 is 2.05 bits per heavy atom. The van der Waals surface area contributed by atoms with Crippen LogP contribution < -0.4 is 5.32 Å². The van der Waals surface area contributed by atoms with Gasteiger partial charge in [-0.3, -0.25) is 9.00 Å². The van der Waals surface area contributed by atoms with Crippen LogP contribution in [0.3, 0.4) is 0 Å². The Kier molecular flexibility index (Phi) is 5.60. The lowest BCUT2D eigenvalue weighted by atomic mass is 9.86. The third kappa shape index (κ3) is 4.08. The van der Waals surface area contributed by atoms with Crippen molar-refractivity contribution in [1.29, 1.82) is 0 Å². The zero-order valence-electron chi connectivity index (χ0n) is 11.4. The Morgan fingerprint density at radius 3 is 2.48 bits per heavy atom. The highest BCUT2D eigenvalue weighted by molar-refractivity contribution is 7.84. The van der Waals surface area contributed by atoms with Crippen molar-refractivity contribution >= 4 is 22.8 Å². The molecule has 2 N–H and O–H groups in total. The molecule has 2 unspecified atom stereocenters. The van der Waals surface area contributed by atoms with Crippen LogP contribution in [0, 0.1) is 5.41 Å². The molecule has 0 aromatic carbocycles. The van der Waals surface area contributed by atoms with E-state index in [0.29, 0.717) is 12.2 Å². The summed E-state index contributed by atoms with van der Waals surface area (Å²) >= 11 is 0. The topological polar surface area (TPSA) is 86.7 Å². The molecule has 1 rings (SSSR count). The van der Waals surface area contributed by atoms with E-state index in [-0.39, 0.29) is 13.1 Å². The largest absolute Gasteiger partial charge is 0.481 e. The first kappa shape index (κ1) is 17.7. The number of hydrogen-bond donors (Lipinski definition) is 2. The number of hydrogen-bond acceptors (Lipinski definition) is 3. The summed E-state index contributed by atoms with van der Waals surface area (Å²) in [5.41, 5.74) is -2.89. The van der Waals surface area contributed by atoms with Crippen LogP contribution in [0.1, 0.15) is 12.8 Å². The first-order valence-corrected chi connectivity index (χ1v) is 7.96. The van der Waals surface area contributed by atoms with Gasteiger partial charge in [-0.05, 0) is 12.8 Å². The molecule has 2 atom stereocenters. The molecule has 0 saturated carbocycles. The number of carbonyl (C=O) groups is 2. The van der Waals surface area contributed by atoms with Crippen molar-refractivity contribution in [2.45, 2.75) is 19.0 Å². The number of carboxylic acids is 1. The van der Waals surface area contributed by atoms with Gasteiger partial charge in [0.05, 0.1) is 0 Å². The second kappa shape index (κ2) is 6.63. The molecule has 0 aromatic rings. The van der Waals surface area contributed by atoms with Gasteiger partial charge in [-0.15, -0.1) is 0 Å². The van der Waals surface area contributed by atoms with Crippen molar-refractivity contribution in [1.82, 2.24) is 10.2 Å². The van der Waals surface area contributed by atoms with E-state index in [9.17, 15) is 27.0 Å². The van der Waals surface area contributed by atoms with Crippen molar-refractivity contribution in [3.05, 3.63) is 0 Å². The third-order valence-electron chi connectivity index (χ3n) is 3.39. The highest BCUT2D eigenvalue weighted by Gasteiger charge is 2.64. The molecule has 0 bridgehead atoms. The summed E-state index contributed by atoms with van der Waals surface area (Å²) in [6.45, 7) is -0.976. The number of rotatable bonds is 5. The van der Waals surface area contributed by atoms with E-state index in [1.165, 1.54) is 6.26 Å². The molecule has 21 heavy (non-hydrogen) atoms. The van der Waals surface area contributed by atoms with E-state index < -0.39 is 47.4 Å². The first-order chi connectivity index (χ1) is 9.60. The summed E-state index contributed by atoms with van der Waals surface area (Å²) in [5.74, 6) is -1.59. The fourth-order valence-electron chi connectivity index (χ4n) is 2.09. The van der Waals surface area contributed by atoms with Gasteiger partial charge in [0.2, 0.25) is 0 Å². The van der Waals surface area contributed by atoms with Crippen LogP contribution in [0.15, 0.2) is 0 Å². The number of nitrogens with zero attached hydrogens (tertiary/aromatic N) is 1. The highest BCUT2D eigenvalue weighted by atomic mass is 32.2. The number of carboxylic acid groups (broad SMARTS) is 1. The molecule has 0 radical (unpaired) electrons. The van der Waals surface area contributed by atoms with Gasteiger partial charge in [0.25, 0.3) is 0 Å². The molecule has 0 aliphatic carbocycles. The number of halogens is 3. The molecular weight excluding hydrogens is 313 g/mol. The monoisotopic (exact) mass is 330 g/mol. The number of likely N-dealkylation sites (tertiary alicyclic amines) is 1. The van der Waals surface area contributed by atoms with Crippen molar-refractivity contribution < 1.29 is 32.1 Å². The Labute approximate surface area is 122 Å². The average molecular weight is 330 g/mol. The zero-order chi connectivity index (χ0) is 16.3. The number of urea groups is 1. The third-order valence-corrected chi connectivity index (χ3v) is 4.26. The van der Waals surface area contributed by atoms with Crippen molar-refractivity contribution in [2.24, 2.45) is 5.41 Å². The molecule has 10 heteroatoms. The van der Waals surface area contributed by atoms with Crippen LogP contribution in [0.5, 0.6) is 0 Å². The predicted molar refractivity (Wildman–Crippen MR) is 69.3 cm³/mol. The van der Waals surface area contributed by atoms with Gasteiger partial charge in [0.1, 0.15) is 0 Å². The maximum absolute atomic E-state index is 12.9. The van der Waals surface area contributed by atoms with Gasteiger partial charge in [-0.1, -0.05) is 0 Å². The van der Waals surface area contributed by atoms with Crippen molar-refractivity contribution in [3.63, 3.8) is 0 Å².